The van der Waals surface area contributed by atoms with Gasteiger partial charge >= 0.3 is 0 Å². The summed E-state index contributed by atoms with van der Waals surface area (Å²) in [5.41, 5.74) is 0.916. The normalized spacial score (nSPS) is 28.3. The van der Waals surface area contributed by atoms with Crippen molar-refractivity contribution in [2.45, 2.75) is 38.3 Å². The Balaban J connectivity index is 2.08. The molecule has 0 radical (unpaired) electrons. The molecule has 17 heavy (non-hydrogen) atoms. The molecule has 1 aliphatic rings. The van der Waals surface area contributed by atoms with Gasteiger partial charge in [0.15, 0.2) is 5.65 Å². The zero-order valence-corrected chi connectivity index (χ0v) is 9.88. The van der Waals surface area contributed by atoms with Crippen molar-refractivity contribution in [1.29, 1.82) is 0 Å². The summed E-state index contributed by atoms with van der Waals surface area (Å²) in [4.78, 5) is 8.60. The van der Waals surface area contributed by atoms with Crippen molar-refractivity contribution in [3.05, 3.63) is 18.1 Å². The minimum atomic E-state index is -0.565. The summed E-state index contributed by atoms with van der Waals surface area (Å²) in [7, 11) is 0. The molecule has 0 amide bonds. The summed E-state index contributed by atoms with van der Waals surface area (Å²) < 4.78 is 2.05. The van der Waals surface area contributed by atoms with Crippen molar-refractivity contribution in [1.82, 2.24) is 14.5 Å². The highest BCUT2D eigenvalue weighted by Crippen LogP contribution is 2.42. The Morgan fingerprint density at radius 3 is 2.82 bits per heavy atom. The fourth-order valence-corrected chi connectivity index (χ4v) is 2.66. The molecule has 0 aliphatic heterocycles. The van der Waals surface area contributed by atoms with E-state index in [-0.39, 0.29) is 11.8 Å². The van der Waals surface area contributed by atoms with Gasteiger partial charge in [0.05, 0.1) is 11.8 Å². The van der Waals surface area contributed by atoms with Crippen LogP contribution in [0.1, 0.15) is 31.6 Å². The lowest BCUT2D eigenvalue weighted by Crippen LogP contribution is -2.42. The third-order valence-corrected chi connectivity index (χ3v) is 3.41. The van der Waals surface area contributed by atoms with E-state index < -0.39 is 5.60 Å². The molecule has 0 atom stereocenters. The average molecular weight is 233 g/mol. The smallest absolute Gasteiger partial charge is 0.160 e. The molecule has 2 N–H and O–H groups in total. The number of pyridine rings is 1. The van der Waals surface area contributed by atoms with Gasteiger partial charge in [-0.15, -0.1) is 0 Å². The molecule has 5 nitrogen and oxygen atoms in total. The minimum absolute atomic E-state index is 0.128. The molecule has 1 aliphatic carbocycles. The highest BCUT2D eigenvalue weighted by Gasteiger charge is 2.40. The Hall–Kier alpha value is -1.62. The van der Waals surface area contributed by atoms with Crippen LogP contribution in [0, 0.1) is 6.92 Å². The molecule has 0 spiro atoms. The van der Waals surface area contributed by atoms with Gasteiger partial charge in [-0.1, -0.05) is 0 Å². The molecule has 90 valence electrons. The number of nitrogens with zero attached hydrogens (tertiary/aromatic N) is 3. The van der Waals surface area contributed by atoms with Crippen molar-refractivity contribution < 1.29 is 10.2 Å². The van der Waals surface area contributed by atoms with Crippen molar-refractivity contribution in [2.75, 3.05) is 0 Å². The number of fused-ring (bicyclic) bond motifs is 1. The Labute approximate surface area is 98.7 Å². The fourth-order valence-electron chi connectivity index (χ4n) is 2.66. The first-order chi connectivity index (χ1) is 7.96. The Morgan fingerprint density at radius 2 is 2.18 bits per heavy atom. The second kappa shape index (κ2) is 3.20. The predicted octanol–water partition coefficient (Wildman–Crippen LogP) is 1.53. The number of aromatic hydroxyl groups is 1. The molecular formula is C12H15N3O2. The van der Waals surface area contributed by atoms with E-state index in [0.29, 0.717) is 5.52 Å². The second-order valence-electron chi connectivity index (χ2n) is 5.12. The van der Waals surface area contributed by atoms with Crippen LogP contribution in [-0.2, 0) is 0 Å². The molecule has 2 aromatic heterocycles. The highest BCUT2D eigenvalue weighted by molar-refractivity contribution is 5.73. The monoisotopic (exact) mass is 233 g/mol. The van der Waals surface area contributed by atoms with Gasteiger partial charge in [-0.3, -0.25) is 0 Å². The molecule has 3 rings (SSSR count). The Morgan fingerprint density at radius 1 is 1.47 bits per heavy atom. The van der Waals surface area contributed by atoms with Crippen molar-refractivity contribution in [3.63, 3.8) is 0 Å². The molecular weight excluding hydrogens is 218 g/mol. The van der Waals surface area contributed by atoms with Crippen molar-refractivity contribution in [3.8, 4) is 5.75 Å². The Bertz CT molecular complexity index is 581. The Kier molecular flexibility index (Phi) is 1.98. The van der Waals surface area contributed by atoms with Crippen LogP contribution in [0.15, 0.2) is 12.3 Å². The van der Waals surface area contributed by atoms with Crippen molar-refractivity contribution >= 4 is 11.2 Å². The average Bonchev–Trinajstić information content (AvgIpc) is 2.49. The maximum atomic E-state index is 9.80. The number of aryl methyl sites for hydroxylation is 1. The van der Waals surface area contributed by atoms with Crippen LogP contribution >= 0.6 is 0 Å². The van der Waals surface area contributed by atoms with E-state index in [1.54, 1.807) is 6.07 Å². The summed E-state index contributed by atoms with van der Waals surface area (Å²) >= 11 is 0. The van der Waals surface area contributed by atoms with Gasteiger partial charge in [-0.25, -0.2) is 9.97 Å². The van der Waals surface area contributed by atoms with Gasteiger partial charge in [0.25, 0.3) is 0 Å². The number of hydrogen-bond acceptors (Lipinski definition) is 4. The number of imidazole rings is 1. The van der Waals surface area contributed by atoms with Gasteiger partial charge in [-0.05, 0) is 26.7 Å². The lowest BCUT2D eigenvalue weighted by Gasteiger charge is -2.42. The first kappa shape index (κ1) is 10.5. The fraction of sp³-hybridized carbons (Fsp3) is 0.500. The summed E-state index contributed by atoms with van der Waals surface area (Å²) in [6.45, 7) is 3.77. The van der Waals surface area contributed by atoms with Crippen LogP contribution in [0.25, 0.3) is 11.2 Å². The largest absolute Gasteiger partial charge is 0.506 e. The van der Waals surface area contributed by atoms with Crippen LogP contribution in [0.5, 0.6) is 5.75 Å². The lowest BCUT2D eigenvalue weighted by atomic mass is 9.77. The molecule has 0 aromatic carbocycles. The summed E-state index contributed by atoms with van der Waals surface area (Å²) in [6, 6.07) is 1.87. The molecule has 1 fully saturated rings. The number of hydrogen-bond donors (Lipinski definition) is 2. The predicted molar refractivity (Wildman–Crippen MR) is 62.8 cm³/mol. The van der Waals surface area contributed by atoms with E-state index in [0.717, 1.165) is 24.3 Å². The topological polar surface area (TPSA) is 71.2 Å². The van der Waals surface area contributed by atoms with Gasteiger partial charge in [0.1, 0.15) is 17.1 Å². The SMILES string of the molecule is Cc1nc2cc(O)cnc2n1C1CC(C)(O)C1. The van der Waals surface area contributed by atoms with E-state index in [4.69, 9.17) is 0 Å². The minimum Gasteiger partial charge on any atom is -0.506 e. The van der Waals surface area contributed by atoms with E-state index in [1.807, 2.05) is 18.4 Å². The van der Waals surface area contributed by atoms with E-state index >= 15 is 0 Å². The lowest BCUT2D eigenvalue weighted by molar-refractivity contribution is -0.0504. The maximum Gasteiger partial charge on any atom is 0.160 e. The molecule has 0 bridgehead atoms. The quantitative estimate of drug-likeness (QED) is 0.783. The van der Waals surface area contributed by atoms with Crippen LogP contribution in [0.4, 0.5) is 0 Å². The summed E-state index contributed by atoms with van der Waals surface area (Å²) in [5.74, 6) is 1.00. The first-order valence-corrected chi connectivity index (χ1v) is 5.72. The molecule has 1 saturated carbocycles. The van der Waals surface area contributed by atoms with Gasteiger partial charge < -0.3 is 14.8 Å². The molecule has 5 heteroatoms. The third-order valence-electron chi connectivity index (χ3n) is 3.41. The van der Waals surface area contributed by atoms with E-state index in [1.165, 1.54) is 6.20 Å². The number of aromatic nitrogens is 3. The van der Waals surface area contributed by atoms with E-state index in [2.05, 4.69) is 9.97 Å². The zero-order valence-electron chi connectivity index (χ0n) is 9.88. The molecule has 0 saturated heterocycles. The third kappa shape index (κ3) is 1.58. The van der Waals surface area contributed by atoms with E-state index in [9.17, 15) is 10.2 Å². The van der Waals surface area contributed by atoms with Gasteiger partial charge in [0, 0.05) is 12.1 Å². The van der Waals surface area contributed by atoms with Gasteiger partial charge in [0.2, 0.25) is 0 Å². The highest BCUT2D eigenvalue weighted by atomic mass is 16.3. The van der Waals surface area contributed by atoms with Crippen molar-refractivity contribution in [2.24, 2.45) is 0 Å². The van der Waals surface area contributed by atoms with Gasteiger partial charge in [-0.2, -0.15) is 0 Å². The number of rotatable bonds is 1. The first-order valence-electron chi connectivity index (χ1n) is 5.72. The van der Waals surface area contributed by atoms with Crippen LogP contribution < -0.4 is 0 Å². The summed E-state index contributed by atoms with van der Waals surface area (Å²) in [5, 5.41) is 19.2. The number of aliphatic hydroxyl groups is 1. The molecule has 2 aromatic rings. The van der Waals surface area contributed by atoms with Crippen LogP contribution in [0.3, 0.4) is 0 Å². The molecule has 2 heterocycles. The van der Waals surface area contributed by atoms with Crippen LogP contribution in [0.2, 0.25) is 0 Å². The van der Waals surface area contributed by atoms with Crippen LogP contribution in [-0.4, -0.2) is 30.3 Å². The standard InChI is InChI=1S/C12H15N3O2/c1-7-14-10-3-9(16)6-13-11(10)15(7)8-4-12(2,17)5-8/h3,6,8,16-17H,4-5H2,1-2H3. The maximum absolute atomic E-state index is 9.80. The molecule has 0 unspecified atom stereocenters. The second-order valence-corrected chi connectivity index (χ2v) is 5.12. The zero-order chi connectivity index (χ0) is 12.2. The summed E-state index contributed by atoms with van der Waals surface area (Å²) in [6.07, 6.45) is 2.88.